The van der Waals surface area contributed by atoms with E-state index in [4.69, 9.17) is 4.74 Å². The molecule has 128 valence electrons. The molecule has 0 aliphatic carbocycles. The lowest BCUT2D eigenvalue weighted by atomic mass is 10.2. The van der Waals surface area contributed by atoms with Gasteiger partial charge in [0.05, 0.1) is 16.7 Å². The van der Waals surface area contributed by atoms with Gasteiger partial charge in [-0.1, -0.05) is 0 Å². The summed E-state index contributed by atoms with van der Waals surface area (Å²) in [6, 6.07) is 4.82. The van der Waals surface area contributed by atoms with Crippen molar-refractivity contribution in [3.05, 3.63) is 46.3 Å². The zero-order valence-electron chi connectivity index (χ0n) is 12.6. The second-order valence-corrected chi connectivity index (χ2v) is 4.69. The summed E-state index contributed by atoms with van der Waals surface area (Å²) < 4.78 is 30.7. The largest absolute Gasteiger partial charge is 0.487 e. The Morgan fingerprint density at radius 3 is 2.79 bits per heavy atom. The van der Waals surface area contributed by atoms with Crippen LogP contribution in [-0.2, 0) is 6.54 Å². The van der Waals surface area contributed by atoms with Gasteiger partial charge in [0.15, 0.2) is 5.69 Å². The van der Waals surface area contributed by atoms with E-state index in [0.29, 0.717) is 6.54 Å². The van der Waals surface area contributed by atoms with Crippen molar-refractivity contribution in [2.75, 3.05) is 11.9 Å². The Kier molecular flexibility index (Phi) is 5.40. The number of aromatic nitrogens is 2. The van der Waals surface area contributed by atoms with Crippen LogP contribution < -0.4 is 10.1 Å². The van der Waals surface area contributed by atoms with E-state index in [0.717, 1.165) is 12.1 Å². The maximum atomic E-state index is 12.2. The molecule has 8 nitrogen and oxygen atoms in total. The Morgan fingerprint density at radius 2 is 2.21 bits per heavy atom. The first-order valence-corrected chi connectivity index (χ1v) is 6.94. The molecule has 0 fully saturated rings. The number of alkyl halides is 2. The minimum atomic E-state index is -2.72. The molecule has 0 saturated carbocycles. The Balaban J connectivity index is 2.21. The second-order valence-electron chi connectivity index (χ2n) is 4.69. The SMILES string of the molecule is CCn1ccc(C(=O)Nc2cc(OCC(F)F)cc([N+](=O)[O-])c2)n1. The fourth-order valence-electron chi connectivity index (χ4n) is 1.86. The van der Waals surface area contributed by atoms with Crippen molar-refractivity contribution in [1.29, 1.82) is 0 Å². The van der Waals surface area contributed by atoms with Gasteiger partial charge in [0.25, 0.3) is 18.0 Å². The Labute approximate surface area is 135 Å². The molecule has 0 atom stereocenters. The molecule has 0 aliphatic heterocycles. The molecule has 0 unspecified atom stereocenters. The van der Waals surface area contributed by atoms with Crippen molar-refractivity contribution in [2.45, 2.75) is 19.9 Å². The smallest absolute Gasteiger partial charge is 0.276 e. The number of aryl methyl sites for hydroxylation is 1. The fourth-order valence-corrected chi connectivity index (χ4v) is 1.86. The number of carbonyl (C=O) groups is 1. The van der Waals surface area contributed by atoms with Crippen molar-refractivity contribution in [3.8, 4) is 5.75 Å². The summed E-state index contributed by atoms with van der Waals surface area (Å²) in [5, 5.41) is 17.4. The van der Waals surface area contributed by atoms with E-state index in [2.05, 4.69) is 10.4 Å². The summed E-state index contributed by atoms with van der Waals surface area (Å²) in [7, 11) is 0. The van der Waals surface area contributed by atoms with Gasteiger partial charge in [-0.2, -0.15) is 5.10 Å². The van der Waals surface area contributed by atoms with Crippen molar-refractivity contribution in [1.82, 2.24) is 9.78 Å². The standard InChI is InChI=1S/C14H14F2N4O4/c1-2-19-4-3-12(18-19)14(21)17-9-5-10(20(22)23)7-11(6-9)24-8-13(15)16/h3-7,13H,2,8H2,1H3,(H,17,21). The average Bonchev–Trinajstić information content (AvgIpc) is 3.02. The maximum absolute atomic E-state index is 12.2. The van der Waals surface area contributed by atoms with Crippen molar-refractivity contribution >= 4 is 17.3 Å². The molecule has 1 aromatic heterocycles. The van der Waals surface area contributed by atoms with Crippen LogP contribution in [-0.4, -0.2) is 33.6 Å². The average molecular weight is 340 g/mol. The quantitative estimate of drug-likeness (QED) is 0.617. The fraction of sp³-hybridized carbons (Fsp3) is 0.286. The third kappa shape index (κ3) is 4.48. The number of rotatable bonds is 7. The number of nitro groups is 1. The lowest BCUT2D eigenvalue weighted by Crippen LogP contribution is -2.14. The molecule has 2 aromatic rings. The first-order valence-electron chi connectivity index (χ1n) is 6.94. The molecule has 0 spiro atoms. The Morgan fingerprint density at radius 1 is 1.46 bits per heavy atom. The van der Waals surface area contributed by atoms with Gasteiger partial charge in [-0.05, 0) is 13.0 Å². The van der Waals surface area contributed by atoms with Crippen molar-refractivity contribution in [3.63, 3.8) is 0 Å². The van der Waals surface area contributed by atoms with E-state index in [9.17, 15) is 23.7 Å². The van der Waals surface area contributed by atoms with E-state index in [1.54, 1.807) is 10.9 Å². The highest BCUT2D eigenvalue weighted by atomic mass is 19.3. The molecule has 0 bridgehead atoms. The maximum Gasteiger partial charge on any atom is 0.276 e. The second kappa shape index (κ2) is 7.49. The summed E-state index contributed by atoms with van der Waals surface area (Å²) in [5.41, 5.74) is -0.223. The molecule has 0 saturated heterocycles. The molecule has 0 aliphatic rings. The zero-order chi connectivity index (χ0) is 17.7. The van der Waals surface area contributed by atoms with Crippen LogP contribution in [0, 0.1) is 10.1 Å². The summed E-state index contributed by atoms with van der Waals surface area (Å²) in [6.07, 6.45) is -1.11. The molecule has 10 heteroatoms. The van der Waals surface area contributed by atoms with Gasteiger partial charge >= 0.3 is 0 Å². The number of anilines is 1. The van der Waals surface area contributed by atoms with E-state index >= 15 is 0 Å². The number of halogens is 2. The number of carbonyl (C=O) groups excluding carboxylic acids is 1. The van der Waals surface area contributed by atoms with Gasteiger partial charge in [0.1, 0.15) is 12.4 Å². The van der Waals surface area contributed by atoms with Gasteiger partial charge < -0.3 is 10.1 Å². The highest BCUT2D eigenvalue weighted by Crippen LogP contribution is 2.26. The summed E-state index contributed by atoms with van der Waals surface area (Å²) >= 11 is 0. The van der Waals surface area contributed by atoms with Crippen LogP contribution in [0.15, 0.2) is 30.5 Å². The number of nitrogens with one attached hydrogen (secondary N) is 1. The van der Waals surface area contributed by atoms with Gasteiger partial charge in [-0.25, -0.2) is 8.78 Å². The lowest BCUT2D eigenvalue weighted by molar-refractivity contribution is -0.384. The van der Waals surface area contributed by atoms with E-state index in [-0.39, 0.29) is 17.1 Å². The Hall–Kier alpha value is -3.04. The zero-order valence-corrected chi connectivity index (χ0v) is 12.6. The number of nitrogens with zero attached hydrogens (tertiary/aromatic N) is 3. The third-order valence-electron chi connectivity index (χ3n) is 2.93. The van der Waals surface area contributed by atoms with Gasteiger partial charge in [-0.3, -0.25) is 19.6 Å². The first-order chi connectivity index (χ1) is 11.4. The summed E-state index contributed by atoms with van der Waals surface area (Å²) in [5.74, 6) is -0.721. The molecular formula is C14H14F2N4O4. The van der Waals surface area contributed by atoms with Crippen LogP contribution in [0.5, 0.6) is 5.75 Å². The van der Waals surface area contributed by atoms with Crippen LogP contribution in [0.2, 0.25) is 0 Å². The lowest BCUT2D eigenvalue weighted by Gasteiger charge is -2.08. The summed E-state index contributed by atoms with van der Waals surface area (Å²) in [6.45, 7) is 1.52. The molecule has 1 amide bonds. The van der Waals surface area contributed by atoms with Crippen LogP contribution in [0.4, 0.5) is 20.2 Å². The number of ether oxygens (including phenoxy) is 1. The number of non-ortho nitro benzene ring substituents is 1. The molecule has 1 heterocycles. The Bertz CT molecular complexity index is 748. The monoisotopic (exact) mass is 340 g/mol. The highest BCUT2D eigenvalue weighted by molar-refractivity contribution is 6.03. The van der Waals surface area contributed by atoms with Crippen LogP contribution >= 0.6 is 0 Å². The molecule has 24 heavy (non-hydrogen) atoms. The van der Waals surface area contributed by atoms with E-state index in [1.807, 2.05) is 6.92 Å². The topological polar surface area (TPSA) is 99.3 Å². The normalized spacial score (nSPS) is 10.7. The predicted octanol–water partition coefficient (Wildman–Crippen LogP) is 2.71. The number of hydrogen-bond donors (Lipinski definition) is 1. The molecule has 2 rings (SSSR count). The van der Waals surface area contributed by atoms with Crippen LogP contribution in [0.25, 0.3) is 0 Å². The number of nitro benzene ring substituents is 1. The number of hydrogen-bond acceptors (Lipinski definition) is 5. The minimum absolute atomic E-state index is 0.0458. The highest BCUT2D eigenvalue weighted by Gasteiger charge is 2.15. The van der Waals surface area contributed by atoms with Crippen molar-refractivity contribution < 1.29 is 23.2 Å². The molecule has 1 aromatic carbocycles. The number of benzene rings is 1. The predicted molar refractivity (Wildman–Crippen MR) is 80.4 cm³/mol. The molecule has 0 radical (unpaired) electrons. The first kappa shape index (κ1) is 17.3. The van der Waals surface area contributed by atoms with Crippen molar-refractivity contribution in [2.24, 2.45) is 0 Å². The molecular weight excluding hydrogens is 326 g/mol. The molecule has 1 N–H and O–H groups in total. The number of amides is 1. The van der Waals surface area contributed by atoms with E-state index < -0.39 is 29.6 Å². The van der Waals surface area contributed by atoms with Crippen LogP contribution in [0.3, 0.4) is 0 Å². The minimum Gasteiger partial charge on any atom is -0.487 e. The van der Waals surface area contributed by atoms with Gasteiger partial charge in [0.2, 0.25) is 0 Å². The van der Waals surface area contributed by atoms with Crippen LogP contribution in [0.1, 0.15) is 17.4 Å². The van der Waals surface area contributed by atoms with Gasteiger partial charge in [0, 0.05) is 24.9 Å². The third-order valence-corrected chi connectivity index (χ3v) is 2.93. The van der Waals surface area contributed by atoms with E-state index in [1.165, 1.54) is 12.1 Å². The van der Waals surface area contributed by atoms with Gasteiger partial charge in [-0.15, -0.1) is 0 Å². The summed E-state index contributed by atoms with van der Waals surface area (Å²) in [4.78, 5) is 22.3.